The van der Waals surface area contributed by atoms with E-state index in [2.05, 4.69) is 29.5 Å². The number of aromatic nitrogens is 2. The molecule has 0 unspecified atom stereocenters. The highest BCUT2D eigenvalue weighted by Gasteiger charge is 2.14. The summed E-state index contributed by atoms with van der Waals surface area (Å²) in [5, 5.41) is 7.58. The minimum Gasteiger partial charge on any atom is -0.496 e. The van der Waals surface area contributed by atoms with Gasteiger partial charge in [-0.2, -0.15) is 5.10 Å². The average Bonchev–Trinajstić information content (AvgIpc) is 3.01. The number of nitrogens with zero attached hydrogens (tertiary/aromatic N) is 2. The van der Waals surface area contributed by atoms with Crippen molar-refractivity contribution in [1.82, 2.24) is 9.78 Å². The van der Waals surface area contributed by atoms with Crippen LogP contribution in [0.5, 0.6) is 5.75 Å². The number of nitrogens with one attached hydrogen (secondary N) is 1. The predicted octanol–water partition coefficient (Wildman–Crippen LogP) is 4.15. The van der Waals surface area contributed by atoms with Crippen LogP contribution in [0.2, 0.25) is 5.02 Å². The zero-order chi connectivity index (χ0) is 17.8. The molecule has 1 aromatic heterocycles. The van der Waals surface area contributed by atoms with E-state index in [1.54, 1.807) is 35.3 Å². The molecule has 0 saturated heterocycles. The second kappa shape index (κ2) is 7.40. The van der Waals surface area contributed by atoms with Crippen molar-refractivity contribution in [3.8, 4) is 5.75 Å². The lowest BCUT2D eigenvalue weighted by atomic mass is 10.1. The fraction of sp³-hybridized carbons (Fsp3) is 0.158. The minimum atomic E-state index is -0.297. The van der Waals surface area contributed by atoms with Gasteiger partial charge in [-0.05, 0) is 30.7 Å². The van der Waals surface area contributed by atoms with Crippen LogP contribution in [0.25, 0.3) is 0 Å². The first kappa shape index (κ1) is 17.0. The van der Waals surface area contributed by atoms with Crippen molar-refractivity contribution in [2.75, 3.05) is 12.4 Å². The van der Waals surface area contributed by atoms with Gasteiger partial charge < -0.3 is 10.1 Å². The first-order valence-electron chi connectivity index (χ1n) is 7.78. The number of amides is 1. The van der Waals surface area contributed by atoms with Gasteiger partial charge in [0.15, 0.2) is 0 Å². The number of rotatable bonds is 5. The predicted molar refractivity (Wildman–Crippen MR) is 98.5 cm³/mol. The number of anilines is 1. The summed E-state index contributed by atoms with van der Waals surface area (Å²) in [6.07, 6.45) is 3.40. The van der Waals surface area contributed by atoms with Crippen molar-refractivity contribution in [3.05, 3.63) is 76.6 Å². The number of benzene rings is 2. The fourth-order valence-corrected chi connectivity index (χ4v) is 2.74. The van der Waals surface area contributed by atoms with E-state index in [0.29, 0.717) is 28.6 Å². The Morgan fingerprint density at radius 2 is 2.12 bits per heavy atom. The van der Waals surface area contributed by atoms with Gasteiger partial charge in [0.1, 0.15) is 5.75 Å². The summed E-state index contributed by atoms with van der Waals surface area (Å²) in [4.78, 5) is 12.5. The number of aryl methyl sites for hydroxylation is 1. The maximum absolute atomic E-state index is 12.5. The molecule has 2 aromatic carbocycles. The summed E-state index contributed by atoms with van der Waals surface area (Å²) in [6, 6.07) is 13.1. The monoisotopic (exact) mass is 355 g/mol. The Morgan fingerprint density at radius 1 is 1.28 bits per heavy atom. The lowest BCUT2D eigenvalue weighted by molar-refractivity contribution is 0.102. The Morgan fingerprint density at radius 3 is 2.88 bits per heavy atom. The van der Waals surface area contributed by atoms with Gasteiger partial charge >= 0.3 is 0 Å². The van der Waals surface area contributed by atoms with E-state index in [1.165, 1.54) is 12.7 Å². The van der Waals surface area contributed by atoms with Crippen LogP contribution in [-0.2, 0) is 6.54 Å². The number of ether oxygens (including phenoxy) is 1. The second-order valence-corrected chi connectivity index (χ2v) is 6.15. The Bertz CT molecular complexity index is 905. The van der Waals surface area contributed by atoms with Crippen molar-refractivity contribution in [1.29, 1.82) is 0 Å². The zero-order valence-electron chi connectivity index (χ0n) is 14.0. The van der Waals surface area contributed by atoms with Gasteiger partial charge in [-0.15, -0.1) is 0 Å². The molecular weight excluding hydrogens is 338 g/mol. The molecule has 0 fully saturated rings. The number of carbonyl (C=O) groups is 1. The zero-order valence-corrected chi connectivity index (χ0v) is 14.7. The third kappa shape index (κ3) is 4.19. The lowest BCUT2D eigenvalue weighted by Crippen LogP contribution is -2.12. The van der Waals surface area contributed by atoms with Crippen LogP contribution in [0.1, 0.15) is 21.5 Å². The van der Waals surface area contributed by atoms with Crippen LogP contribution in [0.4, 0.5) is 5.69 Å². The van der Waals surface area contributed by atoms with Crippen molar-refractivity contribution in [2.45, 2.75) is 13.5 Å². The van der Waals surface area contributed by atoms with E-state index in [-0.39, 0.29) is 5.91 Å². The first-order valence-corrected chi connectivity index (χ1v) is 8.16. The molecule has 1 N–H and O–H groups in total. The first-order chi connectivity index (χ1) is 12.0. The summed E-state index contributed by atoms with van der Waals surface area (Å²) < 4.78 is 6.99. The molecule has 0 radical (unpaired) electrons. The molecule has 0 aliphatic rings. The van der Waals surface area contributed by atoms with E-state index >= 15 is 0 Å². The Labute approximate surface area is 151 Å². The molecule has 0 atom stereocenters. The van der Waals surface area contributed by atoms with E-state index in [9.17, 15) is 4.79 Å². The summed E-state index contributed by atoms with van der Waals surface area (Å²) in [5.74, 6) is 0.170. The molecule has 0 bridgehead atoms. The van der Waals surface area contributed by atoms with E-state index in [0.717, 1.165) is 5.56 Å². The normalized spacial score (nSPS) is 10.5. The summed E-state index contributed by atoms with van der Waals surface area (Å²) in [5.41, 5.74) is 3.34. The van der Waals surface area contributed by atoms with Crippen molar-refractivity contribution in [2.24, 2.45) is 0 Å². The third-order valence-electron chi connectivity index (χ3n) is 3.72. The second-order valence-electron chi connectivity index (χ2n) is 5.71. The average molecular weight is 356 g/mol. The molecule has 0 saturated carbocycles. The SMILES string of the molecule is COc1ccc(Cl)cc1C(=O)Nc1cnn(Cc2cccc(C)c2)c1. The molecule has 3 rings (SSSR count). The molecular formula is C19H18ClN3O2. The number of hydrogen-bond donors (Lipinski definition) is 1. The summed E-state index contributed by atoms with van der Waals surface area (Å²) >= 11 is 5.98. The minimum absolute atomic E-state index is 0.297. The number of carbonyl (C=O) groups excluding carboxylic acids is 1. The molecule has 1 heterocycles. The summed E-state index contributed by atoms with van der Waals surface area (Å²) in [6.45, 7) is 2.69. The highest BCUT2D eigenvalue weighted by Crippen LogP contribution is 2.23. The van der Waals surface area contributed by atoms with Gasteiger partial charge in [-0.3, -0.25) is 9.48 Å². The molecule has 0 aliphatic heterocycles. The topological polar surface area (TPSA) is 56.1 Å². The van der Waals surface area contributed by atoms with E-state index < -0.39 is 0 Å². The van der Waals surface area contributed by atoms with Gasteiger partial charge in [0.2, 0.25) is 0 Å². The van der Waals surface area contributed by atoms with Crippen LogP contribution in [0.3, 0.4) is 0 Å². The Balaban J connectivity index is 1.73. The largest absolute Gasteiger partial charge is 0.496 e. The van der Waals surface area contributed by atoms with Gasteiger partial charge in [0.05, 0.1) is 31.1 Å². The molecule has 0 spiro atoms. The number of methoxy groups -OCH3 is 1. The molecule has 5 nitrogen and oxygen atoms in total. The van der Waals surface area contributed by atoms with E-state index in [1.807, 2.05) is 12.1 Å². The van der Waals surface area contributed by atoms with Gasteiger partial charge in [0, 0.05) is 11.2 Å². The highest BCUT2D eigenvalue weighted by molar-refractivity contribution is 6.31. The maximum atomic E-state index is 12.5. The Hall–Kier alpha value is -2.79. The van der Waals surface area contributed by atoms with Crippen molar-refractivity contribution >= 4 is 23.2 Å². The molecule has 6 heteroatoms. The molecule has 128 valence electrons. The lowest BCUT2D eigenvalue weighted by Gasteiger charge is -2.08. The van der Waals surface area contributed by atoms with Gasteiger partial charge in [-0.25, -0.2) is 0 Å². The fourth-order valence-electron chi connectivity index (χ4n) is 2.57. The van der Waals surface area contributed by atoms with Crippen LogP contribution in [-0.4, -0.2) is 22.8 Å². The maximum Gasteiger partial charge on any atom is 0.259 e. The van der Waals surface area contributed by atoms with Crippen LogP contribution < -0.4 is 10.1 Å². The Kier molecular flexibility index (Phi) is 5.05. The van der Waals surface area contributed by atoms with Crippen LogP contribution >= 0.6 is 11.6 Å². The highest BCUT2D eigenvalue weighted by atomic mass is 35.5. The number of halogens is 1. The van der Waals surface area contributed by atoms with Crippen LogP contribution in [0, 0.1) is 6.92 Å². The van der Waals surface area contributed by atoms with Gasteiger partial charge in [0.25, 0.3) is 5.91 Å². The molecule has 25 heavy (non-hydrogen) atoms. The number of hydrogen-bond acceptors (Lipinski definition) is 3. The standard InChI is InChI=1S/C19H18ClN3O2/c1-13-4-3-5-14(8-13)11-23-12-16(10-21-23)22-19(24)17-9-15(20)6-7-18(17)25-2/h3-10,12H,11H2,1-2H3,(H,22,24). The molecule has 3 aromatic rings. The smallest absolute Gasteiger partial charge is 0.259 e. The van der Waals surface area contributed by atoms with Gasteiger partial charge in [-0.1, -0.05) is 41.4 Å². The van der Waals surface area contributed by atoms with E-state index in [4.69, 9.17) is 16.3 Å². The quantitative estimate of drug-likeness (QED) is 0.747. The molecule has 1 amide bonds. The third-order valence-corrected chi connectivity index (χ3v) is 3.96. The van der Waals surface area contributed by atoms with Crippen molar-refractivity contribution in [3.63, 3.8) is 0 Å². The van der Waals surface area contributed by atoms with Crippen LogP contribution in [0.15, 0.2) is 54.9 Å². The van der Waals surface area contributed by atoms with Crippen molar-refractivity contribution < 1.29 is 9.53 Å². The summed E-state index contributed by atoms with van der Waals surface area (Å²) in [7, 11) is 1.51. The molecule has 0 aliphatic carbocycles.